The zero-order valence-corrected chi connectivity index (χ0v) is 16.4. The second-order valence-electron chi connectivity index (χ2n) is 7.68. The van der Waals surface area contributed by atoms with Crippen LogP contribution in [0.15, 0.2) is 61.2 Å². The van der Waals surface area contributed by atoms with E-state index in [-0.39, 0.29) is 13.2 Å². The lowest BCUT2D eigenvalue weighted by Gasteiger charge is -2.04. The lowest BCUT2D eigenvalue weighted by atomic mass is 10.1. The summed E-state index contributed by atoms with van der Waals surface area (Å²) in [5.74, 6) is 0.192. The molecule has 0 radical (unpaired) electrons. The number of benzene rings is 1. The molecule has 0 amide bonds. The number of aliphatic hydroxyl groups excluding tert-OH is 1. The lowest BCUT2D eigenvalue weighted by Crippen LogP contribution is -2.05. The van der Waals surface area contributed by atoms with Crippen molar-refractivity contribution in [1.82, 2.24) is 19.2 Å². The summed E-state index contributed by atoms with van der Waals surface area (Å²) in [4.78, 5) is 16.9. The molecular weight excluding hydrogens is 380 g/mol. The van der Waals surface area contributed by atoms with E-state index in [2.05, 4.69) is 22.3 Å². The van der Waals surface area contributed by atoms with Gasteiger partial charge in [-0.05, 0) is 36.0 Å². The fourth-order valence-electron chi connectivity index (χ4n) is 3.60. The topological polar surface area (TPSA) is 81.7 Å². The maximum Gasteiger partial charge on any atom is 0.341 e. The van der Waals surface area contributed by atoms with Crippen LogP contribution in [0.25, 0.3) is 5.65 Å². The van der Waals surface area contributed by atoms with Gasteiger partial charge in [0.25, 0.3) is 0 Å². The maximum absolute atomic E-state index is 12.3. The van der Waals surface area contributed by atoms with Crippen LogP contribution in [0.1, 0.15) is 51.5 Å². The van der Waals surface area contributed by atoms with E-state index in [1.165, 1.54) is 24.6 Å². The van der Waals surface area contributed by atoms with Gasteiger partial charge in [0, 0.05) is 24.2 Å². The third-order valence-corrected chi connectivity index (χ3v) is 5.32. The summed E-state index contributed by atoms with van der Waals surface area (Å²) in [5, 5.41) is 14.0. The maximum atomic E-state index is 12.3. The van der Waals surface area contributed by atoms with E-state index in [4.69, 9.17) is 4.74 Å². The SMILES string of the molecule is O=C(OCc1ccccc1)c1cnn(Cc2cn3cc(C4CC4)cc(CO)c3n2)c1. The van der Waals surface area contributed by atoms with Crippen molar-refractivity contribution < 1.29 is 14.6 Å². The fourth-order valence-corrected chi connectivity index (χ4v) is 3.60. The number of hydrogen-bond donors (Lipinski definition) is 1. The molecule has 0 atom stereocenters. The molecule has 0 spiro atoms. The number of ether oxygens (including phenoxy) is 1. The minimum absolute atomic E-state index is 0.0420. The molecule has 1 saturated carbocycles. The molecule has 1 fully saturated rings. The van der Waals surface area contributed by atoms with Crippen molar-refractivity contribution in [2.24, 2.45) is 0 Å². The van der Waals surface area contributed by atoms with Crippen LogP contribution in [0, 0.1) is 0 Å². The highest BCUT2D eigenvalue weighted by atomic mass is 16.5. The largest absolute Gasteiger partial charge is 0.457 e. The molecular formula is C23H22N4O3. The Hall–Kier alpha value is -3.45. The van der Waals surface area contributed by atoms with Crippen molar-refractivity contribution in [3.63, 3.8) is 0 Å². The number of fused-ring (bicyclic) bond motifs is 1. The lowest BCUT2D eigenvalue weighted by molar-refractivity contribution is 0.0472. The third kappa shape index (κ3) is 3.84. The Labute approximate surface area is 173 Å². The van der Waals surface area contributed by atoms with Gasteiger partial charge in [-0.1, -0.05) is 30.3 Å². The molecule has 0 bridgehead atoms. The van der Waals surface area contributed by atoms with Crippen LogP contribution in [0.3, 0.4) is 0 Å². The van der Waals surface area contributed by atoms with Crippen molar-refractivity contribution >= 4 is 11.6 Å². The highest BCUT2D eigenvalue weighted by molar-refractivity contribution is 5.88. The van der Waals surface area contributed by atoms with Crippen molar-refractivity contribution in [1.29, 1.82) is 0 Å². The molecule has 1 aliphatic carbocycles. The molecule has 152 valence electrons. The van der Waals surface area contributed by atoms with Crippen LogP contribution in [-0.4, -0.2) is 30.2 Å². The van der Waals surface area contributed by atoms with Crippen molar-refractivity contribution in [2.75, 3.05) is 0 Å². The second-order valence-corrected chi connectivity index (χ2v) is 7.68. The first-order valence-corrected chi connectivity index (χ1v) is 10.0. The molecule has 7 heteroatoms. The molecule has 1 aliphatic rings. The van der Waals surface area contributed by atoms with Crippen LogP contribution in [0.2, 0.25) is 0 Å². The zero-order chi connectivity index (χ0) is 20.5. The quantitative estimate of drug-likeness (QED) is 0.480. The zero-order valence-electron chi connectivity index (χ0n) is 16.4. The van der Waals surface area contributed by atoms with Crippen molar-refractivity contribution in [3.8, 4) is 0 Å². The third-order valence-electron chi connectivity index (χ3n) is 5.32. The minimum Gasteiger partial charge on any atom is -0.457 e. The van der Waals surface area contributed by atoms with Crippen molar-refractivity contribution in [3.05, 3.63) is 89.1 Å². The van der Waals surface area contributed by atoms with Gasteiger partial charge in [0.15, 0.2) is 0 Å². The Bertz CT molecular complexity index is 1190. The molecule has 3 aromatic heterocycles. The number of nitrogens with zero attached hydrogens (tertiary/aromatic N) is 4. The predicted octanol–water partition coefficient (Wildman–Crippen LogP) is 3.31. The van der Waals surface area contributed by atoms with E-state index in [9.17, 15) is 9.90 Å². The predicted molar refractivity (Wildman–Crippen MR) is 110 cm³/mol. The van der Waals surface area contributed by atoms with E-state index < -0.39 is 5.97 Å². The molecule has 3 heterocycles. The van der Waals surface area contributed by atoms with E-state index in [1.807, 2.05) is 40.9 Å². The summed E-state index contributed by atoms with van der Waals surface area (Å²) in [6.07, 6.45) is 9.63. The van der Waals surface area contributed by atoms with E-state index in [0.29, 0.717) is 18.0 Å². The fraction of sp³-hybridized carbons (Fsp3) is 0.261. The standard InChI is InChI=1S/C23H22N4O3/c28-14-19-8-18(17-6-7-17)10-26-12-21(25-22(19)26)13-27-11-20(9-24-27)23(29)30-15-16-4-2-1-3-5-16/h1-5,8-12,17,28H,6-7,13-15H2. The number of hydrogen-bond acceptors (Lipinski definition) is 5. The molecule has 1 N–H and O–H groups in total. The summed E-state index contributed by atoms with van der Waals surface area (Å²) in [6, 6.07) is 11.6. The molecule has 5 rings (SSSR count). The Morgan fingerprint density at radius 2 is 2.00 bits per heavy atom. The number of aromatic nitrogens is 4. The number of imidazole rings is 1. The first-order valence-electron chi connectivity index (χ1n) is 10.0. The Morgan fingerprint density at radius 1 is 1.17 bits per heavy atom. The van der Waals surface area contributed by atoms with Gasteiger partial charge in [-0.25, -0.2) is 9.78 Å². The van der Waals surface area contributed by atoms with Gasteiger partial charge in [-0.15, -0.1) is 0 Å². The van der Waals surface area contributed by atoms with Gasteiger partial charge >= 0.3 is 5.97 Å². The van der Waals surface area contributed by atoms with Crippen LogP contribution in [0.5, 0.6) is 0 Å². The molecule has 7 nitrogen and oxygen atoms in total. The van der Waals surface area contributed by atoms with Gasteiger partial charge in [-0.3, -0.25) is 4.68 Å². The number of aliphatic hydroxyl groups is 1. The summed E-state index contributed by atoms with van der Waals surface area (Å²) in [6.45, 7) is 0.613. The summed E-state index contributed by atoms with van der Waals surface area (Å²) in [5.41, 5.74) is 4.99. The number of carbonyl (C=O) groups is 1. The first kappa shape index (κ1) is 18.6. The van der Waals surface area contributed by atoms with Crippen LogP contribution in [0.4, 0.5) is 0 Å². The average molecular weight is 402 g/mol. The van der Waals surface area contributed by atoms with Crippen LogP contribution >= 0.6 is 0 Å². The number of esters is 1. The minimum atomic E-state index is -0.406. The molecule has 1 aromatic carbocycles. The Balaban J connectivity index is 1.30. The van der Waals surface area contributed by atoms with E-state index >= 15 is 0 Å². The van der Waals surface area contributed by atoms with Crippen LogP contribution in [-0.2, 0) is 24.5 Å². The monoisotopic (exact) mass is 402 g/mol. The molecule has 0 saturated heterocycles. The van der Waals surface area contributed by atoms with Gasteiger partial charge in [-0.2, -0.15) is 5.10 Å². The Kier molecular flexibility index (Phi) is 4.80. The molecule has 0 aliphatic heterocycles. The summed E-state index contributed by atoms with van der Waals surface area (Å²) < 4.78 is 9.00. The van der Waals surface area contributed by atoms with E-state index in [0.717, 1.165) is 22.5 Å². The van der Waals surface area contributed by atoms with Gasteiger partial charge < -0.3 is 14.2 Å². The average Bonchev–Trinajstić information content (AvgIpc) is 3.39. The van der Waals surface area contributed by atoms with Crippen LogP contribution < -0.4 is 0 Å². The van der Waals surface area contributed by atoms with Gasteiger partial charge in [0.1, 0.15) is 12.3 Å². The highest BCUT2D eigenvalue weighted by Gasteiger charge is 2.25. The number of rotatable bonds is 7. The first-order chi connectivity index (χ1) is 14.7. The number of carbonyl (C=O) groups excluding carboxylic acids is 1. The van der Waals surface area contributed by atoms with Gasteiger partial charge in [0.2, 0.25) is 0 Å². The van der Waals surface area contributed by atoms with E-state index in [1.54, 1.807) is 10.9 Å². The summed E-state index contributed by atoms with van der Waals surface area (Å²) >= 11 is 0. The normalized spacial score (nSPS) is 13.6. The second kappa shape index (κ2) is 7.76. The Morgan fingerprint density at radius 3 is 2.77 bits per heavy atom. The summed E-state index contributed by atoms with van der Waals surface area (Å²) in [7, 11) is 0. The van der Waals surface area contributed by atoms with Crippen molar-refractivity contribution in [2.45, 2.75) is 38.5 Å². The molecule has 4 aromatic rings. The molecule has 30 heavy (non-hydrogen) atoms. The smallest absolute Gasteiger partial charge is 0.341 e. The molecule has 0 unspecified atom stereocenters. The van der Waals surface area contributed by atoms with Gasteiger partial charge in [0.05, 0.1) is 30.6 Å². The highest BCUT2D eigenvalue weighted by Crippen LogP contribution is 2.40. The number of pyridine rings is 1.